The zero-order valence-electron chi connectivity index (χ0n) is 10.7. The van der Waals surface area contributed by atoms with E-state index in [2.05, 4.69) is 26.6 Å². The molecule has 1 amide bonds. The van der Waals surface area contributed by atoms with Gasteiger partial charge >= 0.3 is 0 Å². The number of carbonyl (C=O) groups is 1. The van der Waals surface area contributed by atoms with Crippen molar-refractivity contribution in [1.29, 1.82) is 0 Å². The average molecular weight is 349 g/mol. The number of nitrogens with one attached hydrogen (secondary N) is 2. The highest BCUT2D eigenvalue weighted by Gasteiger charge is 2.17. The fourth-order valence-electron chi connectivity index (χ4n) is 1.99. The second-order valence-electron chi connectivity index (χ2n) is 4.55. The first kappa shape index (κ1) is 15.3. The summed E-state index contributed by atoms with van der Waals surface area (Å²) in [7, 11) is 0. The van der Waals surface area contributed by atoms with Crippen LogP contribution in [-0.2, 0) is 9.53 Å². The number of anilines is 1. The van der Waals surface area contributed by atoms with Gasteiger partial charge in [0, 0.05) is 4.47 Å². The number of carbonyl (C=O) groups excluding carboxylic acids is 1. The van der Waals surface area contributed by atoms with Crippen LogP contribution < -0.4 is 10.6 Å². The Bertz CT molecular complexity index is 470. The lowest BCUT2D eigenvalue weighted by Crippen LogP contribution is -2.34. The maximum atomic E-state index is 13.5. The zero-order chi connectivity index (χ0) is 14.5. The maximum Gasteiger partial charge on any atom is 0.250 e. The first-order valence-electron chi connectivity index (χ1n) is 6.33. The first-order chi connectivity index (χ1) is 9.56. The molecule has 0 aliphatic carbocycles. The second-order valence-corrected chi connectivity index (χ2v) is 5.47. The number of amides is 1. The molecular formula is C13H15BrF2N2O2. The first-order valence-corrected chi connectivity index (χ1v) is 7.12. The van der Waals surface area contributed by atoms with Crippen molar-refractivity contribution in [3.05, 3.63) is 28.2 Å². The van der Waals surface area contributed by atoms with E-state index in [1.807, 2.05) is 0 Å². The molecule has 4 nitrogen and oxygen atoms in total. The molecule has 0 atom stereocenters. The van der Waals surface area contributed by atoms with Gasteiger partial charge in [0.2, 0.25) is 0 Å². The van der Waals surface area contributed by atoms with E-state index >= 15 is 0 Å². The van der Waals surface area contributed by atoms with E-state index in [4.69, 9.17) is 4.74 Å². The summed E-state index contributed by atoms with van der Waals surface area (Å²) in [6.07, 6.45) is 1.67. The highest BCUT2D eigenvalue weighted by molar-refractivity contribution is 9.10. The number of halogens is 3. The summed E-state index contributed by atoms with van der Waals surface area (Å²) < 4.78 is 32.8. The molecule has 1 aliphatic rings. The Hall–Kier alpha value is -1.05. The number of hydrogen-bond donors (Lipinski definition) is 2. The molecule has 1 aromatic carbocycles. The van der Waals surface area contributed by atoms with E-state index in [1.165, 1.54) is 0 Å². The Labute approximate surface area is 124 Å². The van der Waals surface area contributed by atoms with Crippen molar-refractivity contribution in [3.63, 3.8) is 0 Å². The topological polar surface area (TPSA) is 50.4 Å². The molecule has 0 aromatic heterocycles. The van der Waals surface area contributed by atoms with Gasteiger partial charge in [0.05, 0.1) is 6.10 Å². The quantitative estimate of drug-likeness (QED) is 0.878. The van der Waals surface area contributed by atoms with Crippen molar-refractivity contribution in [1.82, 2.24) is 5.32 Å². The van der Waals surface area contributed by atoms with Crippen LogP contribution in [0.15, 0.2) is 16.6 Å². The summed E-state index contributed by atoms with van der Waals surface area (Å²) in [5.74, 6) is -2.22. The van der Waals surface area contributed by atoms with E-state index in [9.17, 15) is 13.6 Å². The molecule has 0 spiro atoms. The molecule has 0 bridgehead atoms. The van der Waals surface area contributed by atoms with Gasteiger partial charge in [0.1, 0.15) is 12.3 Å². The Morgan fingerprint density at radius 2 is 1.95 bits per heavy atom. The lowest BCUT2D eigenvalue weighted by atomic mass is 10.1. The van der Waals surface area contributed by atoms with Crippen molar-refractivity contribution in [2.45, 2.75) is 18.9 Å². The minimum atomic E-state index is -0.827. The van der Waals surface area contributed by atoms with E-state index < -0.39 is 23.2 Å². The third-order valence-electron chi connectivity index (χ3n) is 3.01. The molecule has 1 heterocycles. The van der Waals surface area contributed by atoms with Crippen molar-refractivity contribution in [3.8, 4) is 0 Å². The van der Waals surface area contributed by atoms with E-state index in [0.29, 0.717) is 0 Å². The molecule has 0 saturated carbocycles. The maximum absolute atomic E-state index is 13.5. The highest BCUT2D eigenvalue weighted by Crippen LogP contribution is 2.23. The molecular weight excluding hydrogens is 334 g/mol. The van der Waals surface area contributed by atoms with E-state index in [1.54, 1.807) is 0 Å². The minimum absolute atomic E-state index is 0.0154. The van der Waals surface area contributed by atoms with Crippen LogP contribution in [0.3, 0.4) is 0 Å². The van der Waals surface area contributed by atoms with Crippen LogP contribution in [0.2, 0.25) is 0 Å². The van der Waals surface area contributed by atoms with Crippen LogP contribution in [0.5, 0.6) is 0 Å². The Kier molecular flexibility index (Phi) is 5.45. The standard InChI is InChI=1S/C13H15BrF2N2O2/c14-8-5-10(15)13(11(16)6-8)18-12(19)7-20-9-1-3-17-4-2-9/h5-6,9,17H,1-4,7H2,(H,18,19). The van der Waals surface area contributed by atoms with E-state index in [0.717, 1.165) is 38.1 Å². The van der Waals surface area contributed by atoms with Crippen molar-refractivity contribution >= 4 is 27.5 Å². The van der Waals surface area contributed by atoms with Crippen LogP contribution in [0.4, 0.5) is 14.5 Å². The van der Waals surface area contributed by atoms with E-state index in [-0.39, 0.29) is 17.2 Å². The molecule has 110 valence electrons. The third-order valence-corrected chi connectivity index (χ3v) is 3.47. The molecule has 2 N–H and O–H groups in total. The van der Waals surface area contributed by atoms with Crippen molar-refractivity contribution < 1.29 is 18.3 Å². The smallest absolute Gasteiger partial charge is 0.250 e. The van der Waals surface area contributed by atoms with Gasteiger partial charge in [-0.2, -0.15) is 0 Å². The van der Waals surface area contributed by atoms with Gasteiger partial charge in [-0.05, 0) is 38.1 Å². The minimum Gasteiger partial charge on any atom is -0.368 e. The van der Waals surface area contributed by atoms with Gasteiger partial charge in [0.15, 0.2) is 11.6 Å². The van der Waals surface area contributed by atoms with Crippen molar-refractivity contribution in [2.75, 3.05) is 25.0 Å². The molecule has 1 aromatic rings. The van der Waals surface area contributed by atoms with Gasteiger partial charge < -0.3 is 15.4 Å². The Morgan fingerprint density at radius 3 is 2.55 bits per heavy atom. The normalized spacial score (nSPS) is 16.1. The van der Waals surface area contributed by atoms with Gasteiger partial charge in [0.25, 0.3) is 5.91 Å². The summed E-state index contributed by atoms with van der Waals surface area (Å²) in [4.78, 5) is 11.6. The summed E-state index contributed by atoms with van der Waals surface area (Å²) in [5.41, 5.74) is -0.452. The lowest BCUT2D eigenvalue weighted by Gasteiger charge is -2.22. The molecule has 2 rings (SSSR count). The molecule has 1 fully saturated rings. The number of ether oxygens (including phenoxy) is 1. The van der Waals surface area contributed by atoms with Crippen LogP contribution >= 0.6 is 15.9 Å². The van der Waals surface area contributed by atoms with Crippen molar-refractivity contribution in [2.24, 2.45) is 0 Å². The summed E-state index contributed by atoms with van der Waals surface area (Å²) in [6, 6.07) is 2.18. The zero-order valence-corrected chi connectivity index (χ0v) is 12.3. The van der Waals surface area contributed by atoms with Gasteiger partial charge in [-0.15, -0.1) is 0 Å². The predicted octanol–water partition coefficient (Wildman–Crippen LogP) is 2.43. The number of rotatable bonds is 4. The molecule has 1 aliphatic heterocycles. The SMILES string of the molecule is O=C(COC1CCNCC1)Nc1c(F)cc(Br)cc1F. The summed E-state index contributed by atoms with van der Waals surface area (Å²) >= 11 is 2.97. The molecule has 20 heavy (non-hydrogen) atoms. The average Bonchev–Trinajstić information content (AvgIpc) is 2.42. The molecule has 7 heteroatoms. The number of benzene rings is 1. The molecule has 1 saturated heterocycles. The molecule has 0 radical (unpaired) electrons. The lowest BCUT2D eigenvalue weighted by molar-refractivity contribution is -0.123. The Balaban J connectivity index is 1.88. The fraction of sp³-hybridized carbons (Fsp3) is 0.462. The van der Waals surface area contributed by atoms with Crippen LogP contribution in [0, 0.1) is 11.6 Å². The third kappa shape index (κ3) is 4.22. The largest absolute Gasteiger partial charge is 0.368 e. The monoisotopic (exact) mass is 348 g/mol. The van der Waals surface area contributed by atoms with Gasteiger partial charge in [-0.3, -0.25) is 4.79 Å². The van der Waals surface area contributed by atoms with Gasteiger partial charge in [-0.1, -0.05) is 15.9 Å². The summed E-state index contributed by atoms with van der Waals surface area (Å²) in [6.45, 7) is 1.49. The number of hydrogen-bond acceptors (Lipinski definition) is 3. The van der Waals surface area contributed by atoms with Gasteiger partial charge in [-0.25, -0.2) is 8.78 Å². The van der Waals surface area contributed by atoms with Crippen LogP contribution in [-0.4, -0.2) is 31.7 Å². The molecule has 0 unspecified atom stereocenters. The highest BCUT2D eigenvalue weighted by atomic mass is 79.9. The van der Waals surface area contributed by atoms with Crippen LogP contribution in [0.1, 0.15) is 12.8 Å². The number of piperidine rings is 1. The Morgan fingerprint density at radius 1 is 1.35 bits per heavy atom. The van der Waals surface area contributed by atoms with Crippen LogP contribution in [0.25, 0.3) is 0 Å². The summed E-state index contributed by atoms with van der Waals surface area (Å²) in [5, 5.41) is 5.37. The second kappa shape index (κ2) is 7.10. The fourth-order valence-corrected chi connectivity index (χ4v) is 2.39. The predicted molar refractivity (Wildman–Crippen MR) is 74.5 cm³/mol.